The lowest BCUT2D eigenvalue weighted by molar-refractivity contribution is 0.545. The molecule has 6 nitrogen and oxygen atoms in total. The first-order valence-electron chi connectivity index (χ1n) is 7.47. The van der Waals surface area contributed by atoms with Crippen LogP contribution in [0.4, 0.5) is 0 Å². The zero-order valence-corrected chi connectivity index (χ0v) is 13.1. The number of nitrogens with zero attached hydrogens (tertiary/aromatic N) is 5. The zero-order chi connectivity index (χ0) is 16.4. The highest BCUT2D eigenvalue weighted by atomic mass is 16.1. The van der Waals surface area contributed by atoms with Crippen molar-refractivity contribution in [1.82, 2.24) is 19.3 Å². The summed E-state index contributed by atoms with van der Waals surface area (Å²) in [5.74, 6) is 0. The van der Waals surface area contributed by atoms with E-state index in [1.807, 2.05) is 38.1 Å². The van der Waals surface area contributed by atoms with Gasteiger partial charge in [-0.05, 0) is 25.0 Å². The highest BCUT2D eigenvalue weighted by Crippen LogP contribution is 2.12. The summed E-state index contributed by atoms with van der Waals surface area (Å²) in [5.41, 5.74) is 2.48. The van der Waals surface area contributed by atoms with Crippen LogP contribution >= 0.6 is 0 Å². The summed E-state index contributed by atoms with van der Waals surface area (Å²) >= 11 is 0. The van der Waals surface area contributed by atoms with E-state index in [1.165, 1.54) is 0 Å². The van der Waals surface area contributed by atoms with E-state index in [4.69, 9.17) is 5.26 Å². The molecule has 0 aliphatic heterocycles. The Bertz CT molecular complexity index is 928. The van der Waals surface area contributed by atoms with Crippen LogP contribution in [0, 0.1) is 11.3 Å². The third-order valence-electron chi connectivity index (χ3n) is 3.73. The molecule has 0 atom stereocenters. The maximum atomic E-state index is 12.6. The fraction of sp³-hybridized carbons (Fsp3) is 0.294. The van der Waals surface area contributed by atoms with Gasteiger partial charge in [0.25, 0.3) is 5.56 Å². The van der Waals surface area contributed by atoms with Crippen LogP contribution in [0.25, 0.3) is 11.0 Å². The van der Waals surface area contributed by atoms with Crippen molar-refractivity contribution < 1.29 is 0 Å². The molecule has 116 valence electrons. The molecule has 0 radical (unpaired) electrons. The maximum Gasteiger partial charge on any atom is 0.264 e. The summed E-state index contributed by atoms with van der Waals surface area (Å²) in [6, 6.07) is 9.96. The van der Waals surface area contributed by atoms with Crippen LogP contribution in [-0.4, -0.2) is 19.3 Å². The van der Waals surface area contributed by atoms with Crippen molar-refractivity contribution in [1.29, 1.82) is 5.26 Å². The molecule has 0 saturated heterocycles. The van der Waals surface area contributed by atoms with Crippen LogP contribution < -0.4 is 5.56 Å². The molecule has 0 spiro atoms. The van der Waals surface area contributed by atoms with E-state index in [2.05, 4.69) is 16.2 Å². The number of nitriles is 1. The third-order valence-corrected chi connectivity index (χ3v) is 3.73. The monoisotopic (exact) mass is 307 g/mol. The van der Waals surface area contributed by atoms with Gasteiger partial charge in [-0.15, -0.1) is 0 Å². The average Bonchev–Trinajstić information content (AvgIpc) is 2.97. The van der Waals surface area contributed by atoms with Gasteiger partial charge in [0, 0.05) is 6.04 Å². The van der Waals surface area contributed by atoms with Crippen LogP contribution in [0.1, 0.15) is 31.0 Å². The lowest BCUT2D eigenvalue weighted by Crippen LogP contribution is -2.21. The normalized spacial score (nSPS) is 11.0. The minimum atomic E-state index is -0.0944. The Morgan fingerprint density at radius 1 is 1.22 bits per heavy atom. The van der Waals surface area contributed by atoms with Gasteiger partial charge in [0.05, 0.1) is 25.2 Å². The molecule has 0 aliphatic carbocycles. The molecule has 1 aromatic carbocycles. The first kappa shape index (κ1) is 15.0. The van der Waals surface area contributed by atoms with Gasteiger partial charge in [-0.1, -0.05) is 24.3 Å². The van der Waals surface area contributed by atoms with Crippen molar-refractivity contribution in [2.24, 2.45) is 0 Å². The molecule has 0 bridgehead atoms. The topological polar surface area (TPSA) is 76.5 Å². The number of rotatable bonds is 4. The van der Waals surface area contributed by atoms with Crippen molar-refractivity contribution in [3.63, 3.8) is 0 Å². The van der Waals surface area contributed by atoms with Crippen LogP contribution in [0.2, 0.25) is 0 Å². The molecular weight excluding hydrogens is 290 g/mol. The van der Waals surface area contributed by atoms with E-state index in [9.17, 15) is 4.79 Å². The van der Waals surface area contributed by atoms with Crippen LogP contribution in [0.3, 0.4) is 0 Å². The molecule has 6 heteroatoms. The van der Waals surface area contributed by atoms with Crippen LogP contribution in [0.5, 0.6) is 0 Å². The summed E-state index contributed by atoms with van der Waals surface area (Å²) in [4.78, 5) is 17.0. The average molecular weight is 307 g/mol. The first-order valence-corrected chi connectivity index (χ1v) is 7.47. The quantitative estimate of drug-likeness (QED) is 0.741. The molecule has 2 aromatic heterocycles. The Kier molecular flexibility index (Phi) is 3.94. The summed E-state index contributed by atoms with van der Waals surface area (Å²) in [6.07, 6.45) is 3.54. The molecule has 0 unspecified atom stereocenters. The standard InChI is InChI=1S/C17H17N5O/c1-12(2)22-16-15(9-20-22)17(23)21(11-19-16)10-14-5-3-13(4-6-14)7-8-18/h3-6,9,11-12H,7,10H2,1-2H3. The predicted molar refractivity (Wildman–Crippen MR) is 87.0 cm³/mol. The summed E-state index contributed by atoms with van der Waals surface area (Å²) in [6.45, 7) is 4.45. The molecule has 0 fully saturated rings. The smallest absolute Gasteiger partial charge is 0.264 e. The number of hydrogen-bond donors (Lipinski definition) is 0. The number of hydrogen-bond acceptors (Lipinski definition) is 4. The molecule has 23 heavy (non-hydrogen) atoms. The minimum Gasteiger partial charge on any atom is -0.294 e. The van der Waals surface area contributed by atoms with Crippen LogP contribution in [0.15, 0.2) is 41.6 Å². The summed E-state index contributed by atoms with van der Waals surface area (Å²) < 4.78 is 3.33. The second kappa shape index (κ2) is 6.05. The van der Waals surface area contributed by atoms with E-state index in [0.717, 1.165) is 11.1 Å². The van der Waals surface area contributed by atoms with Crippen molar-refractivity contribution in [3.8, 4) is 6.07 Å². The molecule has 3 rings (SSSR count). The van der Waals surface area contributed by atoms with Gasteiger partial charge in [-0.3, -0.25) is 9.36 Å². The Hall–Kier alpha value is -2.94. The maximum absolute atomic E-state index is 12.6. The van der Waals surface area contributed by atoms with Gasteiger partial charge in [0.1, 0.15) is 11.7 Å². The van der Waals surface area contributed by atoms with Gasteiger partial charge in [-0.25, -0.2) is 9.67 Å². The van der Waals surface area contributed by atoms with E-state index >= 15 is 0 Å². The Morgan fingerprint density at radius 2 is 1.91 bits per heavy atom. The van der Waals surface area contributed by atoms with Gasteiger partial charge in [-0.2, -0.15) is 10.4 Å². The van der Waals surface area contributed by atoms with Crippen LogP contribution in [-0.2, 0) is 13.0 Å². The highest BCUT2D eigenvalue weighted by molar-refractivity contribution is 5.73. The van der Waals surface area contributed by atoms with Crippen molar-refractivity contribution in [3.05, 3.63) is 58.3 Å². The largest absolute Gasteiger partial charge is 0.294 e. The fourth-order valence-electron chi connectivity index (χ4n) is 2.51. The van der Waals surface area contributed by atoms with E-state index in [1.54, 1.807) is 21.8 Å². The van der Waals surface area contributed by atoms with Crippen molar-refractivity contribution in [2.75, 3.05) is 0 Å². The number of fused-ring (bicyclic) bond motifs is 1. The van der Waals surface area contributed by atoms with Gasteiger partial charge < -0.3 is 0 Å². The van der Waals surface area contributed by atoms with E-state index in [0.29, 0.717) is 24.0 Å². The molecular formula is C17H17N5O. The van der Waals surface area contributed by atoms with Crippen molar-refractivity contribution >= 4 is 11.0 Å². The van der Waals surface area contributed by atoms with Gasteiger partial charge >= 0.3 is 0 Å². The Balaban J connectivity index is 1.93. The second-order valence-electron chi connectivity index (χ2n) is 5.75. The highest BCUT2D eigenvalue weighted by Gasteiger charge is 2.12. The number of aromatic nitrogens is 4. The predicted octanol–water partition coefficient (Wildman–Crippen LogP) is 2.29. The molecule has 0 saturated carbocycles. The number of benzene rings is 1. The van der Waals surface area contributed by atoms with E-state index in [-0.39, 0.29) is 11.6 Å². The minimum absolute atomic E-state index is 0.0944. The fourth-order valence-corrected chi connectivity index (χ4v) is 2.51. The molecule has 3 aromatic rings. The Morgan fingerprint density at radius 3 is 2.57 bits per heavy atom. The zero-order valence-electron chi connectivity index (χ0n) is 13.1. The molecule has 0 N–H and O–H groups in total. The third kappa shape index (κ3) is 2.86. The lowest BCUT2D eigenvalue weighted by Gasteiger charge is -2.08. The van der Waals surface area contributed by atoms with Crippen molar-refractivity contribution in [2.45, 2.75) is 32.9 Å². The van der Waals surface area contributed by atoms with E-state index < -0.39 is 0 Å². The summed E-state index contributed by atoms with van der Waals surface area (Å²) in [5, 5.41) is 13.5. The Labute approximate surface area is 133 Å². The molecule has 2 heterocycles. The molecule has 0 aliphatic rings. The SMILES string of the molecule is CC(C)n1ncc2c(=O)n(Cc3ccc(CC#N)cc3)cnc21. The van der Waals surface area contributed by atoms with Gasteiger partial charge in [0.15, 0.2) is 5.65 Å². The summed E-state index contributed by atoms with van der Waals surface area (Å²) in [7, 11) is 0. The first-order chi connectivity index (χ1) is 11.1. The molecule has 0 amide bonds. The second-order valence-corrected chi connectivity index (χ2v) is 5.75. The van der Waals surface area contributed by atoms with Gasteiger partial charge in [0.2, 0.25) is 0 Å². The lowest BCUT2D eigenvalue weighted by atomic mass is 10.1.